The maximum absolute atomic E-state index is 13.4. The molecule has 6 rings (SSSR count). The molecule has 0 aliphatic carbocycles. The van der Waals surface area contributed by atoms with E-state index < -0.39 is 11.9 Å². The standard InChI is InChI=1S/C36H36N6O5/c1-41-15-17-42(18-16-41)28-11-8-25(9-12-28)37-22-30-29-13-7-24(20-31(29)40-35(30)44)34(43)23-5-4-6-26(19-23)38-36(45)39-27-10-14-32(46-2)33(21-27)47-3/h4-14,19-22,30H,15-18H2,1-3H3,(H,40,44)(H2,38,39,45). The number of urea groups is 1. The molecule has 0 bridgehead atoms. The smallest absolute Gasteiger partial charge is 0.323 e. The molecular weight excluding hydrogens is 596 g/mol. The van der Waals surface area contributed by atoms with Gasteiger partial charge >= 0.3 is 6.03 Å². The summed E-state index contributed by atoms with van der Waals surface area (Å²) in [6.07, 6.45) is 1.65. The molecule has 0 spiro atoms. The lowest BCUT2D eigenvalue weighted by Gasteiger charge is -2.34. The van der Waals surface area contributed by atoms with Gasteiger partial charge in [0, 0.05) is 72.3 Å². The number of benzene rings is 4. The minimum Gasteiger partial charge on any atom is -0.493 e. The quantitative estimate of drug-likeness (QED) is 0.158. The largest absolute Gasteiger partial charge is 0.493 e. The first-order chi connectivity index (χ1) is 22.8. The molecule has 4 aromatic rings. The molecule has 11 heteroatoms. The number of aliphatic imine (C=N–C) groups is 1. The Morgan fingerprint density at radius 3 is 2.26 bits per heavy atom. The average Bonchev–Trinajstić information content (AvgIpc) is 3.41. The van der Waals surface area contributed by atoms with Gasteiger partial charge < -0.3 is 35.2 Å². The number of carbonyl (C=O) groups is 3. The lowest BCUT2D eigenvalue weighted by molar-refractivity contribution is -0.115. The van der Waals surface area contributed by atoms with Gasteiger partial charge in [0.1, 0.15) is 5.92 Å². The van der Waals surface area contributed by atoms with Crippen LogP contribution >= 0.6 is 0 Å². The number of methoxy groups -OCH3 is 2. The topological polar surface area (TPSA) is 125 Å². The highest BCUT2D eigenvalue weighted by atomic mass is 16.5. The summed E-state index contributed by atoms with van der Waals surface area (Å²) in [4.78, 5) is 48.3. The summed E-state index contributed by atoms with van der Waals surface area (Å²) in [6.45, 7) is 4.05. The van der Waals surface area contributed by atoms with E-state index in [2.05, 4.69) is 49.9 Å². The van der Waals surface area contributed by atoms with E-state index in [-0.39, 0.29) is 11.7 Å². The average molecular weight is 633 g/mol. The number of nitrogens with zero attached hydrogens (tertiary/aromatic N) is 3. The molecule has 1 unspecified atom stereocenters. The molecule has 47 heavy (non-hydrogen) atoms. The second kappa shape index (κ2) is 13.8. The number of fused-ring (bicyclic) bond motifs is 1. The molecule has 0 radical (unpaired) electrons. The van der Waals surface area contributed by atoms with E-state index in [9.17, 15) is 14.4 Å². The van der Waals surface area contributed by atoms with Crippen molar-refractivity contribution in [1.29, 1.82) is 0 Å². The predicted octanol–water partition coefficient (Wildman–Crippen LogP) is 5.77. The van der Waals surface area contributed by atoms with Gasteiger partial charge in [0.25, 0.3) is 0 Å². The zero-order chi connectivity index (χ0) is 32.9. The number of piperazine rings is 1. The highest BCUT2D eigenvalue weighted by Gasteiger charge is 2.30. The van der Waals surface area contributed by atoms with Crippen molar-refractivity contribution in [3.8, 4) is 11.5 Å². The zero-order valence-corrected chi connectivity index (χ0v) is 26.4. The maximum Gasteiger partial charge on any atom is 0.323 e. The van der Waals surface area contributed by atoms with Crippen molar-refractivity contribution in [2.24, 2.45) is 4.99 Å². The number of likely N-dealkylation sites (N-methyl/N-ethyl adjacent to an activating group) is 1. The summed E-state index contributed by atoms with van der Waals surface area (Å²) < 4.78 is 10.5. The van der Waals surface area contributed by atoms with Crippen LogP contribution in [0.25, 0.3) is 0 Å². The fourth-order valence-corrected chi connectivity index (χ4v) is 5.66. The van der Waals surface area contributed by atoms with Crippen LogP contribution in [0, 0.1) is 0 Å². The number of hydrogen-bond acceptors (Lipinski definition) is 8. The van der Waals surface area contributed by atoms with Gasteiger partial charge in [-0.05, 0) is 67.2 Å². The second-order valence-electron chi connectivity index (χ2n) is 11.4. The van der Waals surface area contributed by atoms with E-state index in [1.165, 1.54) is 14.2 Å². The molecule has 240 valence electrons. The Bertz CT molecular complexity index is 1830. The van der Waals surface area contributed by atoms with Gasteiger partial charge in [0.05, 0.1) is 19.9 Å². The molecule has 0 aromatic heterocycles. The lowest BCUT2D eigenvalue weighted by atomic mass is 9.97. The Morgan fingerprint density at radius 1 is 0.830 bits per heavy atom. The summed E-state index contributed by atoms with van der Waals surface area (Å²) in [5, 5.41) is 8.39. The Labute approximate surface area is 273 Å². The summed E-state index contributed by atoms with van der Waals surface area (Å²) in [6, 6.07) is 24.4. The number of carbonyl (C=O) groups excluding carboxylic acids is 3. The predicted molar refractivity (Wildman–Crippen MR) is 184 cm³/mol. The molecule has 11 nitrogen and oxygen atoms in total. The summed E-state index contributed by atoms with van der Waals surface area (Å²) in [5.41, 5.74) is 5.01. The van der Waals surface area contributed by atoms with Crippen molar-refractivity contribution >= 4 is 52.4 Å². The van der Waals surface area contributed by atoms with Crippen LogP contribution in [-0.2, 0) is 4.79 Å². The van der Waals surface area contributed by atoms with Crippen molar-refractivity contribution in [3.05, 3.63) is 102 Å². The second-order valence-corrected chi connectivity index (χ2v) is 11.4. The monoisotopic (exact) mass is 632 g/mol. The van der Waals surface area contributed by atoms with Gasteiger partial charge in [0.2, 0.25) is 5.91 Å². The van der Waals surface area contributed by atoms with Crippen LogP contribution in [0.2, 0.25) is 0 Å². The molecule has 1 atom stereocenters. The van der Waals surface area contributed by atoms with E-state index in [1.807, 2.05) is 12.1 Å². The molecule has 1 saturated heterocycles. The number of nitrogens with one attached hydrogen (secondary N) is 3. The van der Waals surface area contributed by atoms with E-state index >= 15 is 0 Å². The summed E-state index contributed by atoms with van der Waals surface area (Å²) in [5.74, 6) is 0.0104. The number of anilines is 4. The van der Waals surface area contributed by atoms with Crippen LogP contribution in [0.1, 0.15) is 27.4 Å². The highest BCUT2D eigenvalue weighted by molar-refractivity contribution is 6.15. The van der Waals surface area contributed by atoms with Crippen LogP contribution in [0.5, 0.6) is 11.5 Å². The maximum atomic E-state index is 13.4. The third kappa shape index (κ3) is 7.10. The van der Waals surface area contributed by atoms with Crippen LogP contribution in [0.15, 0.2) is 89.9 Å². The fraction of sp³-hybridized carbons (Fsp3) is 0.222. The number of rotatable bonds is 9. The molecule has 3 N–H and O–H groups in total. The number of ketones is 1. The highest BCUT2D eigenvalue weighted by Crippen LogP contribution is 2.34. The number of ether oxygens (including phenoxy) is 2. The first-order valence-corrected chi connectivity index (χ1v) is 15.3. The van der Waals surface area contributed by atoms with Crippen LogP contribution in [0.4, 0.5) is 33.2 Å². The van der Waals surface area contributed by atoms with Crippen LogP contribution in [0.3, 0.4) is 0 Å². The fourth-order valence-electron chi connectivity index (χ4n) is 5.66. The van der Waals surface area contributed by atoms with Crippen LogP contribution < -0.4 is 30.3 Å². The van der Waals surface area contributed by atoms with Crippen molar-refractivity contribution in [1.82, 2.24) is 4.90 Å². The first kappa shape index (κ1) is 31.3. The number of hydrogen-bond donors (Lipinski definition) is 3. The zero-order valence-electron chi connectivity index (χ0n) is 26.4. The molecule has 1 fully saturated rings. The van der Waals surface area contributed by atoms with Crippen molar-refractivity contribution < 1.29 is 23.9 Å². The molecule has 0 saturated carbocycles. The Hall–Kier alpha value is -5.68. The van der Waals surface area contributed by atoms with Gasteiger partial charge in [-0.3, -0.25) is 14.6 Å². The van der Waals surface area contributed by atoms with E-state index in [0.29, 0.717) is 39.7 Å². The third-order valence-electron chi connectivity index (χ3n) is 8.31. The molecule has 2 aliphatic heterocycles. The molecule has 3 amide bonds. The lowest BCUT2D eigenvalue weighted by Crippen LogP contribution is -2.44. The number of amides is 3. The van der Waals surface area contributed by atoms with Gasteiger partial charge in [-0.25, -0.2) is 4.79 Å². The summed E-state index contributed by atoms with van der Waals surface area (Å²) >= 11 is 0. The van der Waals surface area contributed by atoms with Crippen LogP contribution in [-0.4, -0.2) is 76.3 Å². The van der Waals surface area contributed by atoms with E-state index in [1.54, 1.807) is 66.9 Å². The van der Waals surface area contributed by atoms with Gasteiger partial charge in [-0.2, -0.15) is 0 Å². The van der Waals surface area contributed by atoms with Crippen molar-refractivity contribution in [2.75, 3.05) is 68.3 Å². The Balaban J connectivity index is 1.10. The SMILES string of the molecule is COc1ccc(NC(=O)Nc2cccc(C(=O)c3ccc4c(c3)NC(=O)C4C=Nc3ccc(N4CCN(C)CC4)cc3)c2)cc1OC. The summed E-state index contributed by atoms with van der Waals surface area (Å²) in [7, 11) is 5.18. The molecule has 2 aliphatic rings. The molecular formula is C36H36N6O5. The minimum absolute atomic E-state index is 0.200. The van der Waals surface area contributed by atoms with E-state index in [0.717, 1.165) is 43.1 Å². The molecule has 2 heterocycles. The normalized spacial score (nSPS) is 16.0. The Morgan fingerprint density at radius 2 is 1.53 bits per heavy atom. The van der Waals surface area contributed by atoms with Crippen molar-refractivity contribution in [2.45, 2.75) is 5.92 Å². The third-order valence-corrected chi connectivity index (χ3v) is 8.31. The van der Waals surface area contributed by atoms with Gasteiger partial charge in [-0.1, -0.05) is 24.3 Å². The Kier molecular flexibility index (Phi) is 9.16. The minimum atomic E-state index is -0.567. The van der Waals surface area contributed by atoms with Gasteiger partial charge in [0.15, 0.2) is 17.3 Å². The van der Waals surface area contributed by atoms with Crippen molar-refractivity contribution in [3.63, 3.8) is 0 Å². The van der Waals surface area contributed by atoms with E-state index in [4.69, 9.17) is 9.47 Å². The molecule has 4 aromatic carbocycles. The first-order valence-electron chi connectivity index (χ1n) is 15.3. The van der Waals surface area contributed by atoms with Gasteiger partial charge in [-0.15, -0.1) is 0 Å².